The second kappa shape index (κ2) is 9.57. The van der Waals surface area contributed by atoms with Crippen molar-refractivity contribution in [2.24, 2.45) is 5.92 Å². The number of rotatable bonds is 5. The van der Waals surface area contributed by atoms with E-state index in [0.717, 1.165) is 31.4 Å². The van der Waals surface area contributed by atoms with Gasteiger partial charge in [0.05, 0.1) is 5.69 Å². The first-order valence-electron chi connectivity index (χ1n) is 11.6. The lowest BCUT2D eigenvalue weighted by Crippen LogP contribution is -2.25. The molecular formula is C26H31N5O2. The first-order chi connectivity index (χ1) is 15.8. The Hall–Kier alpha value is -3.48. The van der Waals surface area contributed by atoms with Gasteiger partial charge in [-0.25, -0.2) is 4.98 Å². The molecule has 0 atom stereocenters. The molecule has 7 heteroatoms. The van der Waals surface area contributed by atoms with E-state index < -0.39 is 0 Å². The number of nitrogens with one attached hydrogen (secondary N) is 2. The Morgan fingerprint density at radius 3 is 2.45 bits per heavy atom. The van der Waals surface area contributed by atoms with E-state index in [9.17, 15) is 9.59 Å². The highest BCUT2D eigenvalue weighted by Crippen LogP contribution is 2.27. The van der Waals surface area contributed by atoms with E-state index in [1.54, 1.807) is 29.1 Å². The van der Waals surface area contributed by atoms with Crippen LogP contribution in [0.5, 0.6) is 0 Å². The molecule has 1 aliphatic rings. The summed E-state index contributed by atoms with van der Waals surface area (Å²) >= 11 is 0. The summed E-state index contributed by atoms with van der Waals surface area (Å²) in [6.45, 7) is 6.21. The van der Waals surface area contributed by atoms with Gasteiger partial charge in [0.1, 0.15) is 5.82 Å². The number of anilines is 2. The molecule has 172 valence electrons. The summed E-state index contributed by atoms with van der Waals surface area (Å²) in [5.74, 6) is 0.980. The zero-order valence-corrected chi connectivity index (χ0v) is 19.5. The highest BCUT2D eigenvalue weighted by molar-refractivity contribution is 6.05. The standard InChI is InChI=1S/C26H31N5O2/c1-26(2,3)21-17-23(31(30-21)22-14-7-8-15-27-22)29-25(33)19-12-9-13-20(16-19)28-24(32)18-10-5-4-6-11-18/h7-9,12-18H,4-6,10-11H2,1-3H3,(H,28,32)(H,29,33). The van der Waals surface area contributed by atoms with Crippen LogP contribution < -0.4 is 10.6 Å². The van der Waals surface area contributed by atoms with Crippen LogP contribution in [0.4, 0.5) is 11.5 Å². The van der Waals surface area contributed by atoms with E-state index in [1.165, 1.54) is 6.42 Å². The van der Waals surface area contributed by atoms with Crippen molar-refractivity contribution >= 4 is 23.3 Å². The first kappa shape index (κ1) is 22.7. The van der Waals surface area contributed by atoms with Crippen molar-refractivity contribution in [1.82, 2.24) is 14.8 Å². The maximum Gasteiger partial charge on any atom is 0.256 e. The molecule has 2 amide bonds. The Morgan fingerprint density at radius 2 is 1.76 bits per heavy atom. The summed E-state index contributed by atoms with van der Waals surface area (Å²) in [6.07, 6.45) is 6.95. The number of carbonyl (C=O) groups excluding carboxylic acids is 2. The van der Waals surface area contributed by atoms with Gasteiger partial charge in [-0.05, 0) is 43.2 Å². The van der Waals surface area contributed by atoms with Crippen LogP contribution in [-0.2, 0) is 10.2 Å². The second-order valence-corrected chi connectivity index (χ2v) is 9.62. The molecule has 0 radical (unpaired) electrons. The summed E-state index contributed by atoms with van der Waals surface area (Å²) in [7, 11) is 0. The van der Waals surface area contributed by atoms with Crippen molar-refractivity contribution < 1.29 is 9.59 Å². The lowest BCUT2D eigenvalue weighted by Gasteiger charge is -2.20. The van der Waals surface area contributed by atoms with Crippen molar-refractivity contribution in [2.75, 3.05) is 10.6 Å². The normalized spacial score (nSPS) is 14.6. The SMILES string of the molecule is CC(C)(C)c1cc(NC(=O)c2cccc(NC(=O)C3CCCCC3)c2)n(-c2ccccn2)n1. The Bertz CT molecular complexity index is 1130. The molecule has 4 rings (SSSR count). The first-order valence-corrected chi connectivity index (χ1v) is 11.6. The molecule has 2 heterocycles. The molecule has 7 nitrogen and oxygen atoms in total. The molecule has 33 heavy (non-hydrogen) atoms. The lowest BCUT2D eigenvalue weighted by atomic mass is 9.88. The summed E-state index contributed by atoms with van der Waals surface area (Å²) in [6, 6.07) is 14.5. The van der Waals surface area contributed by atoms with Crippen molar-refractivity contribution in [2.45, 2.75) is 58.3 Å². The average Bonchev–Trinajstić information content (AvgIpc) is 3.25. The van der Waals surface area contributed by atoms with Crippen molar-refractivity contribution in [3.63, 3.8) is 0 Å². The molecule has 1 aliphatic carbocycles. The predicted octanol–water partition coefficient (Wildman–Crippen LogP) is 5.34. The van der Waals surface area contributed by atoms with E-state index in [0.29, 0.717) is 22.9 Å². The summed E-state index contributed by atoms with van der Waals surface area (Å²) in [4.78, 5) is 30.1. The zero-order valence-electron chi connectivity index (χ0n) is 19.5. The largest absolute Gasteiger partial charge is 0.326 e. The summed E-state index contributed by atoms with van der Waals surface area (Å²) in [5.41, 5.74) is 1.74. The van der Waals surface area contributed by atoms with Crippen LogP contribution in [0, 0.1) is 5.92 Å². The van der Waals surface area contributed by atoms with E-state index in [1.807, 2.05) is 30.3 Å². The maximum atomic E-state index is 13.1. The van der Waals surface area contributed by atoms with Gasteiger partial charge < -0.3 is 10.6 Å². The van der Waals surface area contributed by atoms with Gasteiger partial charge in [0.25, 0.3) is 5.91 Å². The third kappa shape index (κ3) is 5.48. The Morgan fingerprint density at radius 1 is 0.970 bits per heavy atom. The fourth-order valence-electron chi connectivity index (χ4n) is 4.03. The smallest absolute Gasteiger partial charge is 0.256 e. The number of hydrogen-bond donors (Lipinski definition) is 2. The Kier molecular flexibility index (Phi) is 6.58. The van der Waals surface area contributed by atoms with Gasteiger partial charge in [0.15, 0.2) is 5.82 Å². The quantitative estimate of drug-likeness (QED) is 0.555. The zero-order chi connectivity index (χ0) is 23.4. The fourth-order valence-corrected chi connectivity index (χ4v) is 4.03. The van der Waals surface area contributed by atoms with Gasteiger partial charge in [-0.15, -0.1) is 0 Å². The minimum absolute atomic E-state index is 0.0373. The summed E-state index contributed by atoms with van der Waals surface area (Å²) < 4.78 is 1.65. The van der Waals surface area contributed by atoms with Crippen molar-refractivity contribution in [3.8, 4) is 5.82 Å². The molecule has 0 unspecified atom stereocenters. The van der Waals surface area contributed by atoms with Crippen LogP contribution in [0.1, 0.15) is 68.9 Å². The van der Waals surface area contributed by atoms with Crippen LogP contribution in [0.25, 0.3) is 5.82 Å². The third-order valence-electron chi connectivity index (χ3n) is 5.95. The van der Waals surface area contributed by atoms with Gasteiger partial charge in [-0.2, -0.15) is 9.78 Å². The third-order valence-corrected chi connectivity index (χ3v) is 5.95. The van der Waals surface area contributed by atoms with Crippen LogP contribution >= 0.6 is 0 Å². The molecule has 0 saturated heterocycles. The van der Waals surface area contributed by atoms with Gasteiger partial charge in [-0.1, -0.05) is 52.2 Å². The number of benzene rings is 1. The van der Waals surface area contributed by atoms with E-state index in [4.69, 9.17) is 0 Å². The number of hydrogen-bond acceptors (Lipinski definition) is 4. The number of aromatic nitrogens is 3. The Labute approximate surface area is 194 Å². The van der Waals surface area contributed by atoms with Crippen molar-refractivity contribution in [1.29, 1.82) is 0 Å². The molecule has 0 bridgehead atoms. The predicted molar refractivity (Wildman–Crippen MR) is 130 cm³/mol. The lowest BCUT2D eigenvalue weighted by molar-refractivity contribution is -0.120. The Balaban J connectivity index is 1.54. The molecule has 1 aromatic carbocycles. The van der Waals surface area contributed by atoms with E-state index in [2.05, 4.69) is 41.5 Å². The molecular weight excluding hydrogens is 414 g/mol. The highest BCUT2D eigenvalue weighted by atomic mass is 16.2. The van der Waals surface area contributed by atoms with Crippen LogP contribution in [-0.4, -0.2) is 26.6 Å². The minimum Gasteiger partial charge on any atom is -0.326 e. The molecule has 0 spiro atoms. The van der Waals surface area contributed by atoms with Gasteiger partial charge in [-0.3, -0.25) is 9.59 Å². The molecule has 0 aliphatic heterocycles. The monoisotopic (exact) mass is 445 g/mol. The fraction of sp³-hybridized carbons (Fsp3) is 0.385. The number of amides is 2. The maximum absolute atomic E-state index is 13.1. The van der Waals surface area contributed by atoms with Crippen LogP contribution in [0.15, 0.2) is 54.7 Å². The molecule has 2 aromatic heterocycles. The van der Waals surface area contributed by atoms with Crippen LogP contribution in [0.3, 0.4) is 0 Å². The molecule has 2 N–H and O–H groups in total. The number of carbonyl (C=O) groups is 2. The number of nitrogens with zero attached hydrogens (tertiary/aromatic N) is 3. The average molecular weight is 446 g/mol. The highest BCUT2D eigenvalue weighted by Gasteiger charge is 2.23. The topological polar surface area (TPSA) is 88.9 Å². The van der Waals surface area contributed by atoms with E-state index in [-0.39, 0.29) is 23.1 Å². The van der Waals surface area contributed by atoms with Gasteiger partial charge in [0, 0.05) is 34.8 Å². The molecule has 1 fully saturated rings. The molecule has 3 aromatic rings. The number of pyridine rings is 1. The second-order valence-electron chi connectivity index (χ2n) is 9.62. The van der Waals surface area contributed by atoms with Crippen molar-refractivity contribution in [3.05, 3.63) is 66.0 Å². The molecule has 1 saturated carbocycles. The van der Waals surface area contributed by atoms with Gasteiger partial charge in [0.2, 0.25) is 5.91 Å². The van der Waals surface area contributed by atoms with Gasteiger partial charge >= 0.3 is 0 Å². The van der Waals surface area contributed by atoms with E-state index >= 15 is 0 Å². The van der Waals surface area contributed by atoms with Crippen LogP contribution in [0.2, 0.25) is 0 Å². The minimum atomic E-state index is -0.277. The summed E-state index contributed by atoms with van der Waals surface area (Å²) in [5, 5.41) is 10.6.